The van der Waals surface area contributed by atoms with E-state index < -0.39 is 20.1 Å². The summed E-state index contributed by atoms with van der Waals surface area (Å²) in [5, 5.41) is 10.0. The molecule has 3 nitrogen and oxygen atoms in total. The molecule has 0 heterocycles. The minimum atomic E-state index is -3.52. The molecule has 0 bridgehead atoms. The van der Waals surface area contributed by atoms with Crippen LogP contribution in [0.15, 0.2) is 35.2 Å². The molecule has 1 aromatic carbocycles. The van der Waals surface area contributed by atoms with E-state index in [9.17, 15) is 13.5 Å². The molecule has 2 unspecified atom stereocenters. The molecule has 1 aromatic rings. The van der Waals surface area contributed by atoms with Crippen LogP contribution in [0.25, 0.3) is 0 Å². The van der Waals surface area contributed by atoms with E-state index in [1.165, 1.54) is 12.8 Å². The van der Waals surface area contributed by atoms with Crippen LogP contribution in [-0.2, 0) is 9.84 Å². The maximum absolute atomic E-state index is 12.3. The first-order chi connectivity index (χ1) is 9.50. The largest absolute Gasteiger partial charge is 0.391 e. The molecule has 114 valence electrons. The van der Waals surface area contributed by atoms with E-state index in [0.717, 1.165) is 19.3 Å². The van der Waals surface area contributed by atoms with Crippen LogP contribution in [0.5, 0.6) is 0 Å². The monoisotopic (exact) mass is 362 g/mol. The van der Waals surface area contributed by atoms with E-state index in [2.05, 4.69) is 22.9 Å². The Morgan fingerprint density at radius 1 is 1.10 bits per heavy atom. The van der Waals surface area contributed by atoms with E-state index in [1.54, 1.807) is 30.3 Å². The zero-order valence-electron chi connectivity index (χ0n) is 11.8. The van der Waals surface area contributed by atoms with Crippen LogP contribution in [0.4, 0.5) is 0 Å². The molecule has 1 N–H and O–H groups in total. The number of hydrogen-bond acceptors (Lipinski definition) is 3. The van der Waals surface area contributed by atoms with Gasteiger partial charge in [-0.15, -0.1) is 0 Å². The predicted molar refractivity (Wildman–Crippen MR) is 85.7 cm³/mol. The number of hydrogen-bond donors (Lipinski definition) is 1. The maximum Gasteiger partial charge on any atom is 0.193 e. The van der Waals surface area contributed by atoms with Crippen LogP contribution >= 0.6 is 15.9 Å². The number of rotatable bonds is 9. The highest BCUT2D eigenvalue weighted by Gasteiger charge is 2.30. The standard InChI is InChI=1S/C15H23BrO3S/c1-2-3-4-5-9-12-14(17)15(16)20(18,19)13-10-7-6-8-11-13/h6-8,10-11,14-15,17H,2-5,9,12H2,1H3. The summed E-state index contributed by atoms with van der Waals surface area (Å²) in [6.07, 6.45) is 5.03. The third-order valence-corrected chi connectivity index (χ3v) is 7.20. The van der Waals surface area contributed by atoms with E-state index in [-0.39, 0.29) is 4.90 Å². The van der Waals surface area contributed by atoms with Crippen molar-refractivity contribution in [2.24, 2.45) is 0 Å². The molecule has 0 saturated carbocycles. The second-order valence-corrected chi connectivity index (χ2v) is 8.64. The fourth-order valence-corrected chi connectivity index (χ4v) is 4.29. The lowest BCUT2D eigenvalue weighted by Crippen LogP contribution is -2.28. The van der Waals surface area contributed by atoms with Crippen molar-refractivity contribution in [3.8, 4) is 0 Å². The number of benzene rings is 1. The second kappa shape index (κ2) is 8.80. The maximum atomic E-state index is 12.3. The van der Waals surface area contributed by atoms with E-state index in [1.807, 2.05) is 0 Å². The Morgan fingerprint density at radius 2 is 1.70 bits per heavy atom. The zero-order valence-corrected chi connectivity index (χ0v) is 14.2. The third kappa shape index (κ3) is 5.19. The van der Waals surface area contributed by atoms with Crippen LogP contribution in [-0.4, -0.2) is 23.8 Å². The Bertz CT molecular complexity index is 473. The van der Waals surface area contributed by atoms with Gasteiger partial charge in [0.25, 0.3) is 0 Å². The Labute approximate surface area is 130 Å². The SMILES string of the molecule is CCCCCCCC(O)C(Br)S(=O)(=O)c1ccccc1. The number of aliphatic hydroxyl groups excluding tert-OH is 1. The van der Waals surface area contributed by atoms with Crippen molar-refractivity contribution < 1.29 is 13.5 Å². The quantitative estimate of drug-likeness (QED) is 0.535. The van der Waals surface area contributed by atoms with Gasteiger partial charge in [-0.05, 0) is 18.6 Å². The molecule has 0 aliphatic rings. The highest BCUT2D eigenvalue weighted by Crippen LogP contribution is 2.25. The first kappa shape index (κ1) is 17.7. The summed E-state index contributed by atoms with van der Waals surface area (Å²) in [6, 6.07) is 8.25. The van der Waals surface area contributed by atoms with Gasteiger partial charge in [-0.25, -0.2) is 8.42 Å². The van der Waals surface area contributed by atoms with Gasteiger partial charge in [0, 0.05) is 0 Å². The Hall–Kier alpha value is -0.390. The molecule has 2 atom stereocenters. The topological polar surface area (TPSA) is 54.4 Å². The molecule has 20 heavy (non-hydrogen) atoms. The lowest BCUT2D eigenvalue weighted by Gasteiger charge is -2.17. The number of sulfone groups is 1. The van der Waals surface area contributed by atoms with Crippen LogP contribution in [0, 0.1) is 0 Å². The van der Waals surface area contributed by atoms with Crippen LogP contribution in [0.3, 0.4) is 0 Å². The zero-order chi connectivity index (χ0) is 15.0. The first-order valence-corrected chi connectivity index (χ1v) is 9.57. The summed E-state index contributed by atoms with van der Waals surface area (Å²) in [5.41, 5.74) is 0. The average Bonchev–Trinajstić information content (AvgIpc) is 2.47. The van der Waals surface area contributed by atoms with E-state index in [4.69, 9.17) is 0 Å². The van der Waals surface area contributed by atoms with Gasteiger partial charge < -0.3 is 5.11 Å². The van der Waals surface area contributed by atoms with Gasteiger partial charge in [0.2, 0.25) is 0 Å². The van der Waals surface area contributed by atoms with Crippen LogP contribution in [0.2, 0.25) is 0 Å². The minimum absolute atomic E-state index is 0.243. The summed E-state index contributed by atoms with van der Waals surface area (Å²) >= 11 is 3.15. The van der Waals surface area contributed by atoms with Crippen LogP contribution in [0.1, 0.15) is 45.4 Å². The fraction of sp³-hybridized carbons (Fsp3) is 0.600. The number of unbranched alkanes of at least 4 members (excludes halogenated alkanes) is 4. The van der Waals surface area contributed by atoms with Crippen molar-refractivity contribution in [1.29, 1.82) is 0 Å². The van der Waals surface area contributed by atoms with Gasteiger partial charge in [0.1, 0.15) is 4.16 Å². The summed E-state index contributed by atoms with van der Waals surface area (Å²) in [4.78, 5) is 0.243. The highest BCUT2D eigenvalue weighted by molar-refractivity contribution is 9.11. The summed E-state index contributed by atoms with van der Waals surface area (Å²) in [7, 11) is -3.52. The van der Waals surface area contributed by atoms with E-state index in [0.29, 0.717) is 6.42 Å². The average molecular weight is 363 g/mol. The summed E-state index contributed by atoms with van der Waals surface area (Å²) < 4.78 is 23.7. The van der Waals surface area contributed by atoms with Crippen molar-refractivity contribution in [1.82, 2.24) is 0 Å². The molecule has 0 amide bonds. The number of aliphatic hydroxyl groups is 1. The fourth-order valence-electron chi connectivity index (χ4n) is 2.04. The minimum Gasteiger partial charge on any atom is -0.391 e. The second-order valence-electron chi connectivity index (χ2n) is 4.98. The molecular formula is C15H23BrO3S. The lowest BCUT2D eigenvalue weighted by molar-refractivity contribution is 0.176. The van der Waals surface area contributed by atoms with Gasteiger partial charge in [-0.3, -0.25) is 0 Å². The van der Waals surface area contributed by atoms with Crippen molar-refractivity contribution in [3.63, 3.8) is 0 Å². The Balaban J connectivity index is 2.53. The number of halogens is 1. The van der Waals surface area contributed by atoms with Gasteiger partial charge in [-0.1, -0.05) is 73.2 Å². The first-order valence-electron chi connectivity index (χ1n) is 7.11. The predicted octanol–water partition coefficient (Wildman–Crippen LogP) is 3.90. The van der Waals surface area contributed by atoms with Crippen LogP contribution < -0.4 is 0 Å². The molecule has 0 radical (unpaired) electrons. The third-order valence-electron chi connectivity index (χ3n) is 3.27. The lowest BCUT2D eigenvalue weighted by atomic mass is 10.1. The summed E-state index contributed by atoms with van der Waals surface area (Å²) in [6.45, 7) is 2.15. The van der Waals surface area contributed by atoms with Crippen molar-refractivity contribution in [2.75, 3.05) is 0 Å². The molecule has 0 aromatic heterocycles. The Kier molecular flexibility index (Phi) is 7.77. The van der Waals surface area contributed by atoms with Gasteiger partial charge >= 0.3 is 0 Å². The smallest absolute Gasteiger partial charge is 0.193 e. The van der Waals surface area contributed by atoms with Crippen molar-refractivity contribution in [2.45, 2.75) is 60.6 Å². The van der Waals surface area contributed by atoms with Crippen molar-refractivity contribution >= 4 is 25.8 Å². The molecular weight excluding hydrogens is 340 g/mol. The van der Waals surface area contributed by atoms with Crippen molar-refractivity contribution in [3.05, 3.63) is 30.3 Å². The molecule has 0 aliphatic heterocycles. The summed E-state index contributed by atoms with van der Waals surface area (Å²) in [5.74, 6) is 0. The van der Waals surface area contributed by atoms with Gasteiger partial charge in [0.15, 0.2) is 9.84 Å². The molecule has 0 spiro atoms. The van der Waals surface area contributed by atoms with Gasteiger partial charge in [-0.2, -0.15) is 0 Å². The highest BCUT2D eigenvalue weighted by atomic mass is 79.9. The normalized spacial score (nSPS) is 14.9. The molecule has 0 saturated heterocycles. The number of alkyl halides is 1. The van der Waals surface area contributed by atoms with E-state index >= 15 is 0 Å². The molecule has 0 fully saturated rings. The Morgan fingerprint density at radius 3 is 2.30 bits per heavy atom. The molecule has 1 rings (SSSR count). The molecule has 5 heteroatoms. The molecule has 0 aliphatic carbocycles. The van der Waals surface area contributed by atoms with Gasteiger partial charge in [0.05, 0.1) is 11.0 Å².